The molecule has 0 aliphatic heterocycles. The van der Waals surface area contributed by atoms with E-state index >= 15 is 0 Å². The van der Waals surface area contributed by atoms with Gasteiger partial charge in [0.2, 0.25) is 0 Å². The molecule has 0 amide bonds. The number of unbranched alkanes of at least 4 members (excludes halogenated alkanes) is 1. The van der Waals surface area contributed by atoms with Crippen LogP contribution in [0.5, 0.6) is 0 Å². The molecule has 0 N–H and O–H groups in total. The molecule has 0 saturated heterocycles. The normalized spacial score (nSPS) is 32.1. The van der Waals surface area contributed by atoms with Crippen LogP contribution in [-0.4, -0.2) is 4.83 Å². The van der Waals surface area contributed by atoms with Crippen LogP contribution in [0.15, 0.2) is 12.7 Å². The van der Waals surface area contributed by atoms with Crippen molar-refractivity contribution in [1.82, 2.24) is 0 Å². The number of hydrogen-bond acceptors (Lipinski definition) is 0. The molecule has 1 aliphatic carbocycles. The van der Waals surface area contributed by atoms with E-state index in [9.17, 15) is 0 Å². The van der Waals surface area contributed by atoms with E-state index in [2.05, 4.69) is 22.5 Å². The minimum Gasteiger partial charge on any atom is -0.103 e. The summed E-state index contributed by atoms with van der Waals surface area (Å²) in [7, 11) is 0. The van der Waals surface area contributed by atoms with E-state index in [1.807, 2.05) is 6.08 Å². The average molecular weight is 189 g/mol. The Hall–Kier alpha value is 0.220. The van der Waals surface area contributed by atoms with Crippen LogP contribution in [0.2, 0.25) is 0 Å². The van der Waals surface area contributed by atoms with Gasteiger partial charge < -0.3 is 0 Å². The number of allylic oxidation sites excluding steroid dienone is 1. The minimum absolute atomic E-state index is 0.849. The predicted molar refractivity (Wildman–Crippen MR) is 44.9 cm³/mol. The molecule has 1 heteroatoms. The molecule has 52 valence electrons. The third-order valence-electron chi connectivity index (χ3n) is 1.82. The fraction of sp³-hybridized carbons (Fsp3) is 0.750. The highest BCUT2D eigenvalue weighted by molar-refractivity contribution is 9.09. The van der Waals surface area contributed by atoms with E-state index in [1.54, 1.807) is 0 Å². The van der Waals surface area contributed by atoms with Crippen LogP contribution in [0.1, 0.15) is 25.7 Å². The van der Waals surface area contributed by atoms with Crippen molar-refractivity contribution >= 4 is 15.9 Å². The van der Waals surface area contributed by atoms with E-state index in [-0.39, 0.29) is 0 Å². The first-order valence-electron chi connectivity index (χ1n) is 3.59. The Kier molecular flexibility index (Phi) is 2.77. The van der Waals surface area contributed by atoms with Gasteiger partial charge in [-0.25, -0.2) is 0 Å². The first-order valence-corrected chi connectivity index (χ1v) is 4.51. The predicted octanol–water partition coefficient (Wildman–Crippen LogP) is 3.13. The lowest BCUT2D eigenvalue weighted by molar-refractivity contribution is 0.679. The summed E-state index contributed by atoms with van der Waals surface area (Å²) in [5, 5.41) is 0. The van der Waals surface area contributed by atoms with E-state index in [0.29, 0.717) is 0 Å². The second-order valence-corrected chi connectivity index (χ2v) is 3.91. The summed E-state index contributed by atoms with van der Waals surface area (Å²) < 4.78 is 0. The zero-order valence-electron chi connectivity index (χ0n) is 5.65. The second-order valence-electron chi connectivity index (χ2n) is 2.73. The van der Waals surface area contributed by atoms with Crippen molar-refractivity contribution in [3.8, 4) is 0 Å². The second kappa shape index (κ2) is 3.40. The summed E-state index contributed by atoms with van der Waals surface area (Å²) in [6, 6.07) is 0. The van der Waals surface area contributed by atoms with Crippen molar-refractivity contribution in [3.05, 3.63) is 12.7 Å². The standard InChI is InChI=1S/C8H13Br/c1-2-3-4-5-7-6-8(7)9/h2,7-8H,1,3-6H2/t7-,8-/m1/s1. The summed E-state index contributed by atoms with van der Waals surface area (Å²) in [6.07, 6.45) is 7.32. The van der Waals surface area contributed by atoms with Crippen LogP contribution in [0.4, 0.5) is 0 Å². The van der Waals surface area contributed by atoms with Crippen LogP contribution < -0.4 is 0 Å². The molecule has 2 atom stereocenters. The van der Waals surface area contributed by atoms with Gasteiger partial charge in [-0.2, -0.15) is 0 Å². The van der Waals surface area contributed by atoms with Crippen LogP contribution >= 0.6 is 15.9 Å². The Balaban J connectivity index is 1.88. The molecule has 0 unspecified atom stereocenters. The summed E-state index contributed by atoms with van der Waals surface area (Å²) in [5.41, 5.74) is 0. The molecular weight excluding hydrogens is 176 g/mol. The maximum Gasteiger partial charge on any atom is 0.0177 e. The Bertz CT molecular complexity index is 98.7. The van der Waals surface area contributed by atoms with Gasteiger partial charge in [-0.1, -0.05) is 22.0 Å². The SMILES string of the molecule is C=CCCC[C@@H]1C[C@H]1Br. The van der Waals surface area contributed by atoms with Gasteiger partial charge in [-0.3, -0.25) is 0 Å². The van der Waals surface area contributed by atoms with Crippen molar-refractivity contribution in [3.63, 3.8) is 0 Å². The van der Waals surface area contributed by atoms with E-state index in [0.717, 1.165) is 10.7 Å². The molecule has 1 aliphatic rings. The molecule has 1 rings (SSSR count). The van der Waals surface area contributed by atoms with Gasteiger partial charge in [0.15, 0.2) is 0 Å². The van der Waals surface area contributed by atoms with Gasteiger partial charge >= 0.3 is 0 Å². The molecule has 1 saturated carbocycles. The number of rotatable bonds is 4. The molecule has 0 nitrogen and oxygen atoms in total. The van der Waals surface area contributed by atoms with Crippen LogP contribution in [-0.2, 0) is 0 Å². The van der Waals surface area contributed by atoms with Crippen molar-refractivity contribution in [2.75, 3.05) is 0 Å². The van der Waals surface area contributed by atoms with E-state index < -0.39 is 0 Å². The van der Waals surface area contributed by atoms with Gasteiger partial charge in [0.05, 0.1) is 0 Å². The molecule has 9 heavy (non-hydrogen) atoms. The average Bonchev–Trinajstić information content (AvgIpc) is 2.48. The Morgan fingerprint density at radius 2 is 2.33 bits per heavy atom. The maximum absolute atomic E-state index is 3.69. The van der Waals surface area contributed by atoms with Gasteiger partial charge in [0.1, 0.15) is 0 Å². The first-order chi connectivity index (χ1) is 4.34. The third kappa shape index (κ3) is 2.53. The summed E-state index contributed by atoms with van der Waals surface area (Å²) >= 11 is 3.57. The number of alkyl halides is 1. The smallest absolute Gasteiger partial charge is 0.0177 e. The number of halogens is 1. The van der Waals surface area contributed by atoms with Crippen LogP contribution in [0.3, 0.4) is 0 Å². The fourth-order valence-corrected chi connectivity index (χ4v) is 1.78. The maximum atomic E-state index is 3.69. The molecule has 0 heterocycles. The van der Waals surface area contributed by atoms with E-state index in [4.69, 9.17) is 0 Å². The van der Waals surface area contributed by atoms with Gasteiger partial charge in [-0.15, -0.1) is 6.58 Å². The Morgan fingerprint density at radius 3 is 2.78 bits per heavy atom. The molecule has 0 radical (unpaired) electrons. The lowest BCUT2D eigenvalue weighted by Crippen LogP contribution is -1.78. The third-order valence-corrected chi connectivity index (χ3v) is 2.94. The Morgan fingerprint density at radius 1 is 1.67 bits per heavy atom. The summed E-state index contributed by atoms with van der Waals surface area (Å²) in [6.45, 7) is 3.69. The lowest BCUT2D eigenvalue weighted by atomic mass is 10.2. The monoisotopic (exact) mass is 188 g/mol. The van der Waals surface area contributed by atoms with Crippen molar-refractivity contribution in [2.45, 2.75) is 30.5 Å². The highest BCUT2D eigenvalue weighted by Crippen LogP contribution is 2.41. The fourth-order valence-electron chi connectivity index (χ4n) is 1.03. The highest BCUT2D eigenvalue weighted by Gasteiger charge is 2.33. The zero-order valence-corrected chi connectivity index (χ0v) is 7.23. The Labute approximate surface area is 65.5 Å². The van der Waals surface area contributed by atoms with Gasteiger partial charge in [0.25, 0.3) is 0 Å². The van der Waals surface area contributed by atoms with Gasteiger partial charge in [0, 0.05) is 4.83 Å². The van der Waals surface area contributed by atoms with Crippen LogP contribution in [0.25, 0.3) is 0 Å². The van der Waals surface area contributed by atoms with Crippen molar-refractivity contribution < 1.29 is 0 Å². The highest BCUT2D eigenvalue weighted by atomic mass is 79.9. The minimum atomic E-state index is 0.849. The number of hydrogen-bond donors (Lipinski definition) is 0. The molecule has 0 spiro atoms. The molecule has 0 bridgehead atoms. The lowest BCUT2D eigenvalue weighted by Gasteiger charge is -1.91. The van der Waals surface area contributed by atoms with Crippen LogP contribution in [0, 0.1) is 5.92 Å². The van der Waals surface area contributed by atoms with Gasteiger partial charge in [-0.05, 0) is 31.6 Å². The van der Waals surface area contributed by atoms with E-state index in [1.165, 1.54) is 25.7 Å². The van der Waals surface area contributed by atoms with Crippen molar-refractivity contribution in [2.24, 2.45) is 5.92 Å². The molecule has 0 aromatic rings. The molecule has 1 fully saturated rings. The largest absolute Gasteiger partial charge is 0.103 e. The van der Waals surface area contributed by atoms with Crippen molar-refractivity contribution in [1.29, 1.82) is 0 Å². The molecule has 0 aromatic heterocycles. The molecular formula is C8H13Br. The summed E-state index contributed by atoms with van der Waals surface area (Å²) in [5.74, 6) is 0.991. The zero-order chi connectivity index (χ0) is 6.69. The topological polar surface area (TPSA) is 0 Å². The first kappa shape index (κ1) is 7.33. The summed E-state index contributed by atoms with van der Waals surface area (Å²) in [4.78, 5) is 0.849. The quantitative estimate of drug-likeness (QED) is 0.362. The molecule has 0 aromatic carbocycles.